The molecule has 1 aromatic carbocycles. The van der Waals surface area contributed by atoms with Gasteiger partial charge in [0.05, 0.1) is 0 Å². The molecule has 1 N–H and O–H groups in total. The molecule has 2 rings (SSSR count). The highest BCUT2D eigenvalue weighted by atomic mass is 16.5. The topological polar surface area (TPSA) is 39.1 Å². The molecule has 0 spiro atoms. The zero-order valence-corrected chi connectivity index (χ0v) is 12.7. The van der Waals surface area contributed by atoms with Gasteiger partial charge < -0.3 is 14.6 Å². The van der Waals surface area contributed by atoms with Crippen LogP contribution in [0.15, 0.2) is 36.7 Å². The summed E-state index contributed by atoms with van der Waals surface area (Å²) in [6, 6.07) is 8.18. The average Bonchev–Trinajstić information content (AvgIpc) is 2.80. The molecule has 0 saturated carbocycles. The number of ether oxygens (including phenoxy) is 1. The number of nitrogens with one attached hydrogen (secondary N) is 1. The lowest BCUT2D eigenvalue weighted by atomic mass is 10.1. The van der Waals surface area contributed by atoms with Crippen LogP contribution in [0.4, 0.5) is 0 Å². The molecule has 0 unspecified atom stereocenters. The second kappa shape index (κ2) is 6.09. The smallest absolute Gasteiger partial charge is 0.146 e. The third-order valence-electron chi connectivity index (χ3n) is 3.04. The predicted molar refractivity (Wildman–Crippen MR) is 80.6 cm³/mol. The van der Waals surface area contributed by atoms with Crippen LogP contribution in [-0.4, -0.2) is 15.1 Å². The molecule has 0 aliphatic rings. The molecule has 0 amide bonds. The second-order valence-electron chi connectivity index (χ2n) is 5.99. The number of hydrogen-bond acceptors (Lipinski definition) is 3. The Bertz CT molecular complexity index is 538. The summed E-state index contributed by atoms with van der Waals surface area (Å²) in [6.45, 7) is 7.85. The monoisotopic (exact) mass is 273 g/mol. The van der Waals surface area contributed by atoms with Gasteiger partial charge in [-0.1, -0.05) is 12.1 Å². The Morgan fingerprint density at radius 3 is 2.45 bits per heavy atom. The normalized spacial score (nSPS) is 11.6. The fraction of sp³-hybridized carbons (Fsp3) is 0.438. The van der Waals surface area contributed by atoms with E-state index in [2.05, 4.69) is 43.2 Å². The average molecular weight is 273 g/mol. The molecule has 1 heterocycles. The minimum atomic E-state index is 0.132. The third kappa shape index (κ3) is 4.38. The highest BCUT2D eigenvalue weighted by Crippen LogP contribution is 2.14. The van der Waals surface area contributed by atoms with Gasteiger partial charge in [0, 0.05) is 31.5 Å². The first-order valence-corrected chi connectivity index (χ1v) is 6.87. The molecule has 108 valence electrons. The summed E-state index contributed by atoms with van der Waals surface area (Å²) in [4.78, 5) is 4.23. The summed E-state index contributed by atoms with van der Waals surface area (Å²) < 4.78 is 7.69. The van der Waals surface area contributed by atoms with Gasteiger partial charge in [-0.15, -0.1) is 0 Å². The van der Waals surface area contributed by atoms with E-state index in [1.165, 1.54) is 5.56 Å². The molecule has 0 saturated heterocycles. The van der Waals surface area contributed by atoms with Gasteiger partial charge in [-0.2, -0.15) is 0 Å². The van der Waals surface area contributed by atoms with Crippen molar-refractivity contribution < 1.29 is 4.74 Å². The van der Waals surface area contributed by atoms with E-state index in [1.807, 2.05) is 29.9 Å². The fourth-order valence-corrected chi connectivity index (χ4v) is 1.75. The molecule has 2 aromatic rings. The van der Waals surface area contributed by atoms with Crippen molar-refractivity contribution in [2.24, 2.45) is 7.05 Å². The lowest BCUT2D eigenvalue weighted by Crippen LogP contribution is -2.34. The van der Waals surface area contributed by atoms with Gasteiger partial charge in [-0.3, -0.25) is 0 Å². The number of rotatable bonds is 5. The van der Waals surface area contributed by atoms with E-state index < -0.39 is 0 Å². The number of imidazole rings is 1. The Balaban J connectivity index is 1.87. The zero-order chi connectivity index (χ0) is 14.6. The van der Waals surface area contributed by atoms with Crippen molar-refractivity contribution in [1.82, 2.24) is 14.9 Å². The molecule has 0 radical (unpaired) electrons. The molecule has 0 atom stereocenters. The molecular weight excluding hydrogens is 250 g/mol. The van der Waals surface area contributed by atoms with Crippen molar-refractivity contribution in [3.05, 3.63) is 48.0 Å². The first kappa shape index (κ1) is 14.6. The van der Waals surface area contributed by atoms with Gasteiger partial charge in [0.15, 0.2) is 0 Å². The maximum absolute atomic E-state index is 5.73. The van der Waals surface area contributed by atoms with Gasteiger partial charge in [0.2, 0.25) is 0 Å². The maximum atomic E-state index is 5.73. The number of nitrogens with zero attached hydrogens (tertiary/aromatic N) is 2. The SMILES string of the molecule is Cn1ccnc1COc1ccc(CNC(C)(C)C)cc1. The van der Waals surface area contributed by atoms with Gasteiger partial charge in [-0.05, 0) is 38.5 Å². The lowest BCUT2D eigenvalue weighted by molar-refractivity contribution is 0.291. The van der Waals surface area contributed by atoms with Gasteiger partial charge in [0.1, 0.15) is 18.2 Å². The predicted octanol–water partition coefficient (Wildman–Crippen LogP) is 2.89. The molecule has 4 nitrogen and oxygen atoms in total. The number of aryl methyl sites for hydroxylation is 1. The van der Waals surface area contributed by atoms with Crippen LogP contribution in [0.3, 0.4) is 0 Å². The van der Waals surface area contributed by atoms with Crippen LogP contribution in [-0.2, 0) is 20.2 Å². The van der Waals surface area contributed by atoms with Crippen LogP contribution in [0.2, 0.25) is 0 Å². The minimum absolute atomic E-state index is 0.132. The number of hydrogen-bond donors (Lipinski definition) is 1. The molecule has 0 bridgehead atoms. The second-order valence-corrected chi connectivity index (χ2v) is 5.99. The lowest BCUT2D eigenvalue weighted by Gasteiger charge is -2.20. The summed E-state index contributed by atoms with van der Waals surface area (Å²) in [5.41, 5.74) is 1.39. The summed E-state index contributed by atoms with van der Waals surface area (Å²) in [5, 5.41) is 3.47. The van der Waals surface area contributed by atoms with Crippen LogP contribution in [0.25, 0.3) is 0 Å². The summed E-state index contributed by atoms with van der Waals surface area (Å²) in [5.74, 6) is 1.79. The first-order valence-electron chi connectivity index (χ1n) is 6.87. The Labute approximate surface area is 120 Å². The highest BCUT2D eigenvalue weighted by Gasteiger charge is 2.08. The van der Waals surface area contributed by atoms with Gasteiger partial charge in [0.25, 0.3) is 0 Å². The third-order valence-corrected chi connectivity index (χ3v) is 3.04. The first-order chi connectivity index (χ1) is 9.44. The molecule has 20 heavy (non-hydrogen) atoms. The largest absolute Gasteiger partial charge is 0.486 e. The van der Waals surface area contributed by atoms with Crippen molar-refractivity contribution in [3.8, 4) is 5.75 Å². The van der Waals surface area contributed by atoms with E-state index in [1.54, 1.807) is 6.20 Å². The van der Waals surface area contributed by atoms with Crippen LogP contribution >= 0.6 is 0 Å². The van der Waals surface area contributed by atoms with E-state index in [0.29, 0.717) is 6.61 Å². The Hall–Kier alpha value is -1.81. The molecule has 4 heteroatoms. The van der Waals surface area contributed by atoms with Gasteiger partial charge in [-0.25, -0.2) is 4.98 Å². The van der Waals surface area contributed by atoms with Crippen molar-refractivity contribution >= 4 is 0 Å². The standard InChI is InChI=1S/C16H23N3O/c1-16(2,3)18-11-13-5-7-14(8-6-13)20-12-15-17-9-10-19(15)4/h5-10,18H,11-12H2,1-4H3. The Morgan fingerprint density at radius 1 is 1.20 bits per heavy atom. The molecule has 0 aliphatic heterocycles. The van der Waals surface area contributed by atoms with Crippen molar-refractivity contribution in [2.75, 3.05) is 0 Å². The summed E-state index contributed by atoms with van der Waals surface area (Å²) in [7, 11) is 1.97. The minimum Gasteiger partial charge on any atom is -0.486 e. The number of aromatic nitrogens is 2. The zero-order valence-electron chi connectivity index (χ0n) is 12.7. The van der Waals surface area contributed by atoms with E-state index in [0.717, 1.165) is 18.1 Å². The van der Waals surface area contributed by atoms with E-state index in [-0.39, 0.29) is 5.54 Å². The molecule has 0 fully saturated rings. The number of benzene rings is 1. The van der Waals surface area contributed by atoms with Crippen molar-refractivity contribution in [3.63, 3.8) is 0 Å². The van der Waals surface area contributed by atoms with Crippen LogP contribution in [0.1, 0.15) is 32.2 Å². The summed E-state index contributed by atoms with van der Waals surface area (Å²) in [6.07, 6.45) is 3.69. The summed E-state index contributed by atoms with van der Waals surface area (Å²) >= 11 is 0. The highest BCUT2D eigenvalue weighted by molar-refractivity contribution is 5.27. The van der Waals surface area contributed by atoms with Crippen LogP contribution in [0, 0.1) is 0 Å². The van der Waals surface area contributed by atoms with Crippen molar-refractivity contribution in [1.29, 1.82) is 0 Å². The molecule has 1 aromatic heterocycles. The van der Waals surface area contributed by atoms with Gasteiger partial charge >= 0.3 is 0 Å². The van der Waals surface area contributed by atoms with Crippen molar-refractivity contribution in [2.45, 2.75) is 39.5 Å². The maximum Gasteiger partial charge on any atom is 0.146 e. The quantitative estimate of drug-likeness (QED) is 0.910. The molecule has 0 aliphatic carbocycles. The fourth-order valence-electron chi connectivity index (χ4n) is 1.75. The van der Waals surface area contributed by atoms with Crippen LogP contribution < -0.4 is 10.1 Å². The van der Waals surface area contributed by atoms with E-state index >= 15 is 0 Å². The Morgan fingerprint density at radius 2 is 1.90 bits per heavy atom. The van der Waals surface area contributed by atoms with Crippen LogP contribution in [0.5, 0.6) is 5.75 Å². The van der Waals surface area contributed by atoms with E-state index in [9.17, 15) is 0 Å². The molecular formula is C16H23N3O. The van der Waals surface area contributed by atoms with E-state index in [4.69, 9.17) is 4.74 Å². The Kier molecular flexibility index (Phi) is 4.45.